The van der Waals surface area contributed by atoms with E-state index in [2.05, 4.69) is 10.3 Å². The predicted molar refractivity (Wildman–Crippen MR) is 75.7 cm³/mol. The fourth-order valence-corrected chi connectivity index (χ4v) is 3.22. The molecule has 2 aliphatic rings. The second-order valence-electron chi connectivity index (χ2n) is 5.95. The smallest absolute Gasteiger partial charge is 0.248 e. The van der Waals surface area contributed by atoms with E-state index in [1.165, 1.54) is 0 Å². The van der Waals surface area contributed by atoms with Crippen molar-refractivity contribution < 1.29 is 9.84 Å². The summed E-state index contributed by atoms with van der Waals surface area (Å²) < 4.78 is 5.46. The van der Waals surface area contributed by atoms with E-state index >= 15 is 0 Å². The summed E-state index contributed by atoms with van der Waals surface area (Å²) in [4.78, 5) is 14.3. The molecule has 0 spiro atoms. The maximum atomic E-state index is 11.4. The minimum absolute atomic E-state index is 0.0409. The molecule has 20 heavy (non-hydrogen) atoms. The van der Waals surface area contributed by atoms with Gasteiger partial charge in [0.15, 0.2) is 0 Å². The molecule has 3 rings (SSSR count). The predicted octanol–water partition coefficient (Wildman–Crippen LogP) is 0.882. The SMILES string of the molecule is CC1OCCC1(O)CNC1CCCc2[nH]c(=O)ccc21. The standard InChI is InChI=1S/C15H22N2O3/c1-10-15(19,7-8-20-10)9-16-12-3-2-4-13-11(12)5-6-14(18)17-13/h5-6,10,12,16,19H,2-4,7-9H2,1H3,(H,17,18). The Morgan fingerprint density at radius 3 is 3.15 bits per heavy atom. The summed E-state index contributed by atoms with van der Waals surface area (Å²) in [5.41, 5.74) is 1.37. The Morgan fingerprint density at radius 2 is 2.40 bits per heavy atom. The minimum Gasteiger partial charge on any atom is -0.386 e. The fourth-order valence-electron chi connectivity index (χ4n) is 3.22. The Labute approximate surface area is 118 Å². The van der Waals surface area contributed by atoms with Gasteiger partial charge in [-0.2, -0.15) is 0 Å². The zero-order chi connectivity index (χ0) is 14.2. The molecule has 5 heteroatoms. The highest BCUT2D eigenvalue weighted by atomic mass is 16.5. The number of hydrogen-bond acceptors (Lipinski definition) is 4. The highest BCUT2D eigenvalue weighted by Crippen LogP contribution is 2.30. The number of aryl methyl sites for hydroxylation is 1. The monoisotopic (exact) mass is 278 g/mol. The number of nitrogens with one attached hydrogen (secondary N) is 2. The van der Waals surface area contributed by atoms with E-state index in [1.807, 2.05) is 13.0 Å². The average molecular weight is 278 g/mol. The number of pyridine rings is 1. The molecule has 0 radical (unpaired) electrons. The van der Waals surface area contributed by atoms with Gasteiger partial charge in [0, 0.05) is 37.4 Å². The summed E-state index contributed by atoms with van der Waals surface area (Å²) in [5.74, 6) is 0. The van der Waals surface area contributed by atoms with Crippen molar-refractivity contribution in [3.63, 3.8) is 0 Å². The van der Waals surface area contributed by atoms with Gasteiger partial charge < -0.3 is 20.1 Å². The van der Waals surface area contributed by atoms with Gasteiger partial charge in [0.05, 0.1) is 6.10 Å². The summed E-state index contributed by atoms with van der Waals surface area (Å²) in [6, 6.07) is 3.69. The summed E-state index contributed by atoms with van der Waals surface area (Å²) >= 11 is 0. The van der Waals surface area contributed by atoms with Gasteiger partial charge in [0.2, 0.25) is 5.56 Å². The van der Waals surface area contributed by atoms with Gasteiger partial charge in [0.1, 0.15) is 5.60 Å². The molecule has 1 fully saturated rings. The lowest BCUT2D eigenvalue weighted by Gasteiger charge is -2.31. The molecule has 1 aromatic heterocycles. The van der Waals surface area contributed by atoms with E-state index < -0.39 is 5.60 Å². The molecule has 3 unspecified atom stereocenters. The van der Waals surface area contributed by atoms with E-state index in [4.69, 9.17) is 4.74 Å². The number of aromatic amines is 1. The van der Waals surface area contributed by atoms with Crippen LogP contribution in [-0.2, 0) is 11.2 Å². The van der Waals surface area contributed by atoms with Crippen LogP contribution in [0, 0.1) is 0 Å². The number of aliphatic hydroxyl groups is 1. The highest BCUT2D eigenvalue weighted by molar-refractivity contribution is 5.26. The van der Waals surface area contributed by atoms with Crippen LogP contribution in [0.15, 0.2) is 16.9 Å². The first-order chi connectivity index (χ1) is 9.58. The second-order valence-corrected chi connectivity index (χ2v) is 5.95. The lowest BCUT2D eigenvalue weighted by molar-refractivity contribution is -0.0280. The van der Waals surface area contributed by atoms with Crippen molar-refractivity contribution in [2.75, 3.05) is 13.2 Å². The molecule has 1 saturated heterocycles. The number of fused-ring (bicyclic) bond motifs is 1. The molecule has 1 aromatic rings. The third-order valence-corrected chi connectivity index (χ3v) is 4.65. The van der Waals surface area contributed by atoms with Crippen molar-refractivity contribution in [3.05, 3.63) is 33.7 Å². The van der Waals surface area contributed by atoms with Crippen LogP contribution in [0.4, 0.5) is 0 Å². The Kier molecular flexibility index (Phi) is 3.67. The summed E-state index contributed by atoms with van der Waals surface area (Å²) in [5, 5.41) is 14.0. The van der Waals surface area contributed by atoms with Crippen molar-refractivity contribution in [2.24, 2.45) is 0 Å². The fraction of sp³-hybridized carbons (Fsp3) is 0.667. The molecular formula is C15H22N2O3. The van der Waals surface area contributed by atoms with Gasteiger partial charge in [-0.15, -0.1) is 0 Å². The van der Waals surface area contributed by atoms with Gasteiger partial charge in [-0.3, -0.25) is 4.79 Å². The first-order valence-corrected chi connectivity index (χ1v) is 7.38. The summed E-state index contributed by atoms with van der Waals surface area (Å²) in [6.45, 7) is 3.06. The lowest BCUT2D eigenvalue weighted by Crippen LogP contribution is -2.47. The third-order valence-electron chi connectivity index (χ3n) is 4.65. The molecule has 0 aromatic carbocycles. The van der Waals surface area contributed by atoms with Crippen LogP contribution in [-0.4, -0.2) is 34.9 Å². The molecule has 0 bridgehead atoms. The quantitative estimate of drug-likeness (QED) is 0.767. The normalized spacial score (nSPS) is 33.1. The minimum atomic E-state index is -0.778. The second kappa shape index (κ2) is 5.31. The largest absolute Gasteiger partial charge is 0.386 e. The number of hydrogen-bond donors (Lipinski definition) is 3. The maximum absolute atomic E-state index is 11.4. The van der Waals surface area contributed by atoms with E-state index in [-0.39, 0.29) is 17.7 Å². The van der Waals surface area contributed by atoms with Crippen LogP contribution < -0.4 is 10.9 Å². The number of aromatic nitrogens is 1. The van der Waals surface area contributed by atoms with Crippen LogP contribution in [0.2, 0.25) is 0 Å². The third kappa shape index (κ3) is 2.53. The molecule has 1 aliphatic heterocycles. The molecule has 2 heterocycles. The molecule has 0 saturated carbocycles. The summed E-state index contributed by atoms with van der Waals surface area (Å²) in [6.07, 6.45) is 3.55. The van der Waals surface area contributed by atoms with Gasteiger partial charge in [0.25, 0.3) is 0 Å². The van der Waals surface area contributed by atoms with Gasteiger partial charge >= 0.3 is 0 Å². The van der Waals surface area contributed by atoms with Crippen LogP contribution in [0.1, 0.15) is 43.5 Å². The van der Waals surface area contributed by atoms with Crippen molar-refractivity contribution in [2.45, 2.75) is 50.4 Å². The number of H-pyrrole nitrogens is 1. The zero-order valence-corrected chi connectivity index (χ0v) is 11.8. The van der Waals surface area contributed by atoms with Crippen LogP contribution in [0.3, 0.4) is 0 Å². The Bertz CT molecular complexity index is 542. The molecule has 3 N–H and O–H groups in total. The van der Waals surface area contributed by atoms with E-state index in [0.717, 1.165) is 30.5 Å². The first-order valence-electron chi connectivity index (χ1n) is 7.38. The lowest BCUT2D eigenvalue weighted by atomic mass is 9.89. The topological polar surface area (TPSA) is 74.3 Å². The van der Waals surface area contributed by atoms with Gasteiger partial charge in [-0.05, 0) is 31.7 Å². The average Bonchev–Trinajstić information content (AvgIpc) is 2.76. The van der Waals surface area contributed by atoms with Gasteiger partial charge in [-0.25, -0.2) is 0 Å². The molecule has 1 aliphatic carbocycles. The maximum Gasteiger partial charge on any atom is 0.248 e. The molecular weight excluding hydrogens is 256 g/mol. The first kappa shape index (κ1) is 13.8. The van der Waals surface area contributed by atoms with Crippen molar-refractivity contribution in [1.29, 1.82) is 0 Å². The zero-order valence-electron chi connectivity index (χ0n) is 11.8. The van der Waals surface area contributed by atoms with E-state index in [1.54, 1.807) is 6.07 Å². The molecule has 110 valence electrons. The molecule has 0 amide bonds. The number of rotatable bonds is 3. The summed E-state index contributed by atoms with van der Waals surface area (Å²) in [7, 11) is 0. The Balaban J connectivity index is 1.72. The number of ether oxygens (including phenoxy) is 1. The van der Waals surface area contributed by atoms with Crippen molar-refractivity contribution in [1.82, 2.24) is 10.3 Å². The van der Waals surface area contributed by atoms with Crippen molar-refractivity contribution in [3.8, 4) is 0 Å². The van der Waals surface area contributed by atoms with Crippen molar-refractivity contribution >= 4 is 0 Å². The van der Waals surface area contributed by atoms with E-state index in [0.29, 0.717) is 19.6 Å². The molecule has 3 atom stereocenters. The Morgan fingerprint density at radius 1 is 1.55 bits per heavy atom. The van der Waals surface area contributed by atoms with Gasteiger partial charge in [-0.1, -0.05) is 6.07 Å². The van der Waals surface area contributed by atoms with Crippen LogP contribution in [0.25, 0.3) is 0 Å². The molecule has 5 nitrogen and oxygen atoms in total. The van der Waals surface area contributed by atoms with Crippen LogP contribution >= 0.6 is 0 Å². The Hall–Kier alpha value is -1.17. The van der Waals surface area contributed by atoms with Crippen LogP contribution in [0.5, 0.6) is 0 Å². The van der Waals surface area contributed by atoms with E-state index in [9.17, 15) is 9.90 Å². The highest BCUT2D eigenvalue weighted by Gasteiger charge is 2.39.